The van der Waals surface area contributed by atoms with Crippen molar-refractivity contribution in [3.63, 3.8) is 0 Å². The number of nitrogens with zero attached hydrogens (tertiary/aromatic N) is 1. The summed E-state index contributed by atoms with van der Waals surface area (Å²) < 4.78 is 18.9. The summed E-state index contributed by atoms with van der Waals surface area (Å²) in [5, 5.41) is 4.21. The Balaban J connectivity index is 1.58. The molecule has 1 atom stereocenters. The lowest BCUT2D eigenvalue weighted by Crippen LogP contribution is -2.34. The van der Waals surface area contributed by atoms with Crippen molar-refractivity contribution in [1.82, 2.24) is 5.43 Å². The quantitative estimate of drug-likeness (QED) is 0.877. The third-order valence-corrected chi connectivity index (χ3v) is 4.03. The zero-order chi connectivity index (χ0) is 16.9. The van der Waals surface area contributed by atoms with Gasteiger partial charge < -0.3 is 4.74 Å². The van der Waals surface area contributed by atoms with E-state index in [1.165, 1.54) is 23.3 Å². The average Bonchev–Trinajstić information content (AvgIpc) is 2.61. The van der Waals surface area contributed by atoms with Crippen LogP contribution in [0.1, 0.15) is 24.5 Å². The van der Waals surface area contributed by atoms with Crippen molar-refractivity contribution < 1.29 is 13.9 Å². The molecule has 24 heavy (non-hydrogen) atoms. The van der Waals surface area contributed by atoms with Gasteiger partial charge in [-0.25, -0.2) is 9.82 Å². The Hall–Kier alpha value is -2.69. The summed E-state index contributed by atoms with van der Waals surface area (Å²) in [6.45, 7) is 1.57. The maximum atomic E-state index is 13.5. The lowest BCUT2D eigenvalue weighted by atomic mass is 9.90. The van der Waals surface area contributed by atoms with Gasteiger partial charge in [-0.05, 0) is 43.0 Å². The number of carbonyl (C=O) groups is 1. The molecule has 1 aliphatic rings. The molecule has 0 fully saturated rings. The second-order valence-corrected chi connectivity index (χ2v) is 5.79. The number of ether oxygens (including phenoxy) is 1. The maximum absolute atomic E-state index is 13.5. The second-order valence-electron chi connectivity index (χ2n) is 5.79. The lowest BCUT2D eigenvalue weighted by molar-refractivity contribution is -0.127. The minimum atomic E-state index is -0.831. The summed E-state index contributed by atoms with van der Waals surface area (Å²) in [4.78, 5) is 12.1. The highest BCUT2D eigenvalue weighted by molar-refractivity contribution is 5.90. The molecule has 0 heterocycles. The van der Waals surface area contributed by atoms with E-state index in [9.17, 15) is 9.18 Å². The van der Waals surface area contributed by atoms with Gasteiger partial charge in [0.15, 0.2) is 17.7 Å². The summed E-state index contributed by atoms with van der Waals surface area (Å²) in [5.41, 5.74) is 6.03. The smallest absolute Gasteiger partial charge is 0.280 e. The van der Waals surface area contributed by atoms with Gasteiger partial charge in [0, 0.05) is 12.1 Å². The van der Waals surface area contributed by atoms with Crippen molar-refractivity contribution in [1.29, 1.82) is 0 Å². The molecule has 1 aliphatic carbocycles. The molecule has 1 N–H and O–H groups in total. The van der Waals surface area contributed by atoms with E-state index < -0.39 is 17.8 Å². The summed E-state index contributed by atoms with van der Waals surface area (Å²) in [6.07, 6.45) is 1.65. The highest BCUT2D eigenvalue weighted by Crippen LogP contribution is 2.19. The number of carbonyl (C=O) groups excluding carboxylic acids is 1. The maximum Gasteiger partial charge on any atom is 0.280 e. The first-order valence-electron chi connectivity index (χ1n) is 7.97. The Morgan fingerprint density at radius 3 is 2.62 bits per heavy atom. The van der Waals surface area contributed by atoms with E-state index in [2.05, 4.69) is 22.7 Å². The number of para-hydroxylation sites is 1. The van der Waals surface area contributed by atoms with E-state index in [0.717, 1.165) is 25.0 Å². The van der Waals surface area contributed by atoms with Gasteiger partial charge in [-0.1, -0.05) is 36.4 Å². The highest BCUT2D eigenvalue weighted by Gasteiger charge is 2.18. The van der Waals surface area contributed by atoms with Gasteiger partial charge >= 0.3 is 0 Å². The Morgan fingerprint density at radius 1 is 1.12 bits per heavy atom. The number of hydrogen-bond acceptors (Lipinski definition) is 3. The highest BCUT2D eigenvalue weighted by atomic mass is 19.1. The van der Waals surface area contributed by atoms with Gasteiger partial charge in [0.25, 0.3) is 5.91 Å². The topological polar surface area (TPSA) is 50.7 Å². The van der Waals surface area contributed by atoms with E-state index in [4.69, 9.17) is 4.74 Å². The van der Waals surface area contributed by atoms with Crippen molar-refractivity contribution in [3.05, 3.63) is 65.5 Å². The van der Waals surface area contributed by atoms with E-state index in [1.54, 1.807) is 19.1 Å². The van der Waals surface area contributed by atoms with Crippen molar-refractivity contribution in [2.45, 2.75) is 32.3 Å². The molecule has 2 aromatic carbocycles. The number of rotatable bonds is 4. The molecular formula is C19H19FN2O2. The fourth-order valence-corrected chi connectivity index (χ4v) is 2.67. The van der Waals surface area contributed by atoms with Crippen LogP contribution in [0.3, 0.4) is 0 Å². The zero-order valence-corrected chi connectivity index (χ0v) is 13.5. The number of amides is 1. The van der Waals surface area contributed by atoms with Gasteiger partial charge in [0.1, 0.15) is 0 Å². The molecule has 124 valence electrons. The van der Waals surface area contributed by atoms with Gasteiger partial charge in [-0.15, -0.1) is 0 Å². The van der Waals surface area contributed by atoms with Gasteiger partial charge in [-0.2, -0.15) is 5.10 Å². The molecule has 0 aliphatic heterocycles. The molecule has 1 amide bonds. The first kappa shape index (κ1) is 16.2. The summed E-state index contributed by atoms with van der Waals surface area (Å²) >= 11 is 0. The molecule has 0 bridgehead atoms. The predicted octanol–water partition coefficient (Wildman–Crippen LogP) is 3.25. The van der Waals surface area contributed by atoms with Crippen LogP contribution in [0.2, 0.25) is 0 Å². The number of halogens is 1. The first-order valence-corrected chi connectivity index (χ1v) is 7.97. The van der Waals surface area contributed by atoms with Crippen molar-refractivity contribution in [2.75, 3.05) is 0 Å². The molecule has 0 saturated carbocycles. The fourth-order valence-electron chi connectivity index (χ4n) is 2.67. The Kier molecular flexibility index (Phi) is 4.89. The van der Waals surface area contributed by atoms with Gasteiger partial charge in [0.2, 0.25) is 0 Å². The number of fused-ring (bicyclic) bond motifs is 1. The molecule has 0 radical (unpaired) electrons. The van der Waals surface area contributed by atoms with Crippen LogP contribution in [0.5, 0.6) is 5.75 Å². The predicted molar refractivity (Wildman–Crippen MR) is 90.5 cm³/mol. The normalized spacial score (nSPS) is 16.3. The van der Waals surface area contributed by atoms with Gasteiger partial charge in [0.05, 0.1) is 0 Å². The number of hydrazone groups is 1. The minimum Gasteiger partial charge on any atom is -0.478 e. The molecule has 5 heteroatoms. The van der Waals surface area contributed by atoms with Crippen LogP contribution < -0.4 is 10.2 Å². The van der Waals surface area contributed by atoms with Gasteiger partial charge in [-0.3, -0.25) is 4.79 Å². The van der Waals surface area contributed by atoms with Crippen molar-refractivity contribution in [2.24, 2.45) is 5.10 Å². The Morgan fingerprint density at radius 2 is 1.83 bits per heavy atom. The van der Waals surface area contributed by atoms with E-state index in [0.29, 0.717) is 0 Å². The summed E-state index contributed by atoms with van der Waals surface area (Å²) in [6, 6.07) is 14.2. The standard InChI is InChI=1S/C19H19FN2O2/c1-13(24-18-9-5-4-8-17(18)20)19(23)22-21-16-11-10-14-6-2-3-7-15(14)12-16/h2-9,13H,10-12H2,1H3,(H,22,23)/b21-16+/t13-/m1/s1. The number of hydrogen-bond donors (Lipinski definition) is 1. The van der Waals surface area contributed by atoms with Crippen LogP contribution in [0.4, 0.5) is 4.39 Å². The van der Waals surface area contributed by atoms with Crippen LogP contribution in [0.15, 0.2) is 53.6 Å². The summed E-state index contributed by atoms with van der Waals surface area (Å²) in [5.74, 6) is -0.837. The fraction of sp³-hybridized carbons (Fsp3) is 0.263. The second kappa shape index (κ2) is 7.25. The number of benzene rings is 2. The minimum absolute atomic E-state index is 0.0550. The zero-order valence-electron chi connectivity index (χ0n) is 13.5. The SMILES string of the molecule is C[C@@H](Oc1ccccc1F)C(=O)N/N=C1\CCc2ccccc2C1. The Bertz CT molecular complexity index is 773. The van der Waals surface area contributed by atoms with Crippen LogP contribution >= 0.6 is 0 Å². The van der Waals surface area contributed by atoms with Crippen molar-refractivity contribution >= 4 is 11.6 Å². The van der Waals surface area contributed by atoms with E-state index in [-0.39, 0.29) is 5.75 Å². The first-order chi connectivity index (χ1) is 11.6. The molecule has 2 aromatic rings. The van der Waals surface area contributed by atoms with Crippen LogP contribution in [0, 0.1) is 5.82 Å². The molecule has 4 nitrogen and oxygen atoms in total. The molecule has 0 unspecified atom stereocenters. The Labute approximate surface area is 140 Å². The third kappa shape index (κ3) is 3.79. The molecule has 3 rings (SSSR count). The van der Waals surface area contributed by atoms with Crippen LogP contribution in [0.25, 0.3) is 0 Å². The number of nitrogens with one attached hydrogen (secondary N) is 1. The van der Waals surface area contributed by atoms with E-state index >= 15 is 0 Å². The van der Waals surface area contributed by atoms with E-state index in [1.807, 2.05) is 12.1 Å². The van der Waals surface area contributed by atoms with Crippen molar-refractivity contribution in [3.8, 4) is 5.75 Å². The molecule has 0 aromatic heterocycles. The molecular weight excluding hydrogens is 307 g/mol. The van der Waals surface area contributed by atoms with Crippen LogP contribution in [-0.2, 0) is 17.6 Å². The third-order valence-electron chi connectivity index (χ3n) is 4.03. The summed E-state index contributed by atoms with van der Waals surface area (Å²) in [7, 11) is 0. The largest absolute Gasteiger partial charge is 0.478 e. The molecule has 0 saturated heterocycles. The molecule has 0 spiro atoms. The monoisotopic (exact) mass is 326 g/mol. The lowest BCUT2D eigenvalue weighted by Gasteiger charge is -2.18. The average molecular weight is 326 g/mol. The number of aryl methyl sites for hydroxylation is 1. The van der Waals surface area contributed by atoms with Crippen LogP contribution in [-0.4, -0.2) is 17.7 Å².